The number of hydrogen-bond donors (Lipinski definition) is 2. The largest absolute Gasteiger partial charge is 0.382 e. The monoisotopic (exact) mass is 296 g/mol. The van der Waals surface area contributed by atoms with Crippen LogP contribution in [0, 0.1) is 0 Å². The molecule has 0 aliphatic heterocycles. The van der Waals surface area contributed by atoms with Crippen molar-refractivity contribution in [2.45, 2.75) is 19.9 Å². The number of nitrogens with two attached hydrogens (primary N) is 1. The number of nitrogen functional groups attached to an aromatic ring is 1. The van der Waals surface area contributed by atoms with Gasteiger partial charge in [0.2, 0.25) is 0 Å². The molecule has 0 unspecified atom stereocenters. The van der Waals surface area contributed by atoms with Crippen molar-refractivity contribution in [2.24, 2.45) is 0 Å². The third-order valence-corrected chi connectivity index (χ3v) is 3.33. The van der Waals surface area contributed by atoms with E-state index in [4.69, 9.17) is 5.73 Å². The quantitative estimate of drug-likeness (QED) is 0.768. The average Bonchev–Trinajstić information content (AvgIpc) is 3.02. The van der Waals surface area contributed by atoms with Crippen molar-refractivity contribution < 1.29 is 0 Å². The molecule has 3 N–H and O–H groups in total. The van der Waals surface area contributed by atoms with Gasteiger partial charge in [-0.3, -0.25) is 14.9 Å². The fourth-order valence-electron chi connectivity index (χ4n) is 2.24. The molecule has 0 spiro atoms. The zero-order chi connectivity index (χ0) is 15.7. The van der Waals surface area contributed by atoms with Gasteiger partial charge in [0, 0.05) is 35.6 Å². The molecule has 0 saturated carbocycles. The van der Waals surface area contributed by atoms with Crippen LogP contribution in [0.4, 0.5) is 5.82 Å². The minimum Gasteiger partial charge on any atom is -0.382 e. The van der Waals surface area contributed by atoms with Crippen molar-refractivity contribution in [3.63, 3.8) is 0 Å². The number of rotatable bonds is 3. The molecule has 3 aromatic heterocycles. The van der Waals surface area contributed by atoms with Gasteiger partial charge in [0.05, 0.1) is 18.1 Å². The SMILES string of the molecule is CC(C)n1cc(-c2ncc(N)nc2-c2cn[nH]c2)ccc1=O. The summed E-state index contributed by atoms with van der Waals surface area (Å²) in [6.45, 7) is 3.91. The second-order valence-corrected chi connectivity index (χ2v) is 5.24. The van der Waals surface area contributed by atoms with E-state index < -0.39 is 0 Å². The van der Waals surface area contributed by atoms with Crippen molar-refractivity contribution in [3.8, 4) is 22.5 Å². The highest BCUT2D eigenvalue weighted by molar-refractivity contribution is 5.77. The van der Waals surface area contributed by atoms with Gasteiger partial charge in [0.1, 0.15) is 11.5 Å². The van der Waals surface area contributed by atoms with Gasteiger partial charge in [-0.05, 0) is 19.9 Å². The van der Waals surface area contributed by atoms with Crippen LogP contribution in [0.1, 0.15) is 19.9 Å². The summed E-state index contributed by atoms with van der Waals surface area (Å²) in [7, 11) is 0. The van der Waals surface area contributed by atoms with E-state index in [0.29, 0.717) is 17.2 Å². The van der Waals surface area contributed by atoms with Gasteiger partial charge < -0.3 is 10.3 Å². The predicted octanol–water partition coefficient (Wildman–Crippen LogP) is 1.86. The number of aromatic amines is 1. The van der Waals surface area contributed by atoms with Crippen LogP contribution in [0.25, 0.3) is 22.5 Å². The maximum atomic E-state index is 11.9. The molecular formula is C15H16N6O. The Morgan fingerprint density at radius 3 is 2.68 bits per heavy atom. The Morgan fingerprint density at radius 2 is 2.00 bits per heavy atom. The van der Waals surface area contributed by atoms with Crippen molar-refractivity contribution >= 4 is 5.82 Å². The summed E-state index contributed by atoms with van der Waals surface area (Å²) in [4.78, 5) is 20.7. The molecule has 0 aliphatic carbocycles. The maximum Gasteiger partial charge on any atom is 0.250 e. The first kappa shape index (κ1) is 14.0. The number of pyridine rings is 1. The highest BCUT2D eigenvalue weighted by Crippen LogP contribution is 2.28. The van der Waals surface area contributed by atoms with Crippen molar-refractivity contribution in [3.05, 3.63) is 47.3 Å². The van der Waals surface area contributed by atoms with Crippen LogP contribution in [0.15, 0.2) is 41.7 Å². The van der Waals surface area contributed by atoms with Gasteiger partial charge in [0.15, 0.2) is 0 Å². The van der Waals surface area contributed by atoms with Crippen LogP contribution in [0.3, 0.4) is 0 Å². The molecule has 0 aliphatic rings. The zero-order valence-electron chi connectivity index (χ0n) is 12.3. The summed E-state index contributed by atoms with van der Waals surface area (Å²) in [6, 6.07) is 3.34. The molecule has 0 aromatic carbocycles. The Balaban J connectivity index is 2.21. The van der Waals surface area contributed by atoms with Crippen molar-refractivity contribution in [2.75, 3.05) is 5.73 Å². The summed E-state index contributed by atoms with van der Waals surface area (Å²) < 4.78 is 1.66. The smallest absolute Gasteiger partial charge is 0.250 e. The van der Waals surface area contributed by atoms with E-state index >= 15 is 0 Å². The van der Waals surface area contributed by atoms with Crippen LogP contribution in [-0.2, 0) is 0 Å². The Kier molecular flexibility index (Phi) is 3.46. The molecule has 0 fully saturated rings. The molecule has 112 valence electrons. The van der Waals surface area contributed by atoms with Crippen LogP contribution < -0.4 is 11.3 Å². The molecule has 0 bridgehead atoms. The first-order valence-electron chi connectivity index (χ1n) is 6.90. The first-order chi connectivity index (χ1) is 10.6. The molecule has 7 heteroatoms. The van der Waals surface area contributed by atoms with Gasteiger partial charge in [0.25, 0.3) is 5.56 Å². The Hall–Kier alpha value is -2.96. The lowest BCUT2D eigenvalue weighted by Gasteiger charge is -2.12. The fourth-order valence-corrected chi connectivity index (χ4v) is 2.24. The number of anilines is 1. The Labute approximate surface area is 126 Å². The fraction of sp³-hybridized carbons (Fsp3) is 0.200. The third kappa shape index (κ3) is 2.48. The third-order valence-electron chi connectivity index (χ3n) is 3.33. The first-order valence-corrected chi connectivity index (χ1v) is 6.90. The standard InChI is InChI=1S/C15H16N6O/c1-9(2)21-8-10(3-4-13(21)22)14-15(11-5-18-19-6-11)20-12(16)7-17-14/h3-9H,1-2H3,(H2,16,20)(H,18,19). The highest BCUT2D eigenvalue weighted by atomic mass is 16.1. The molecule has 0 amide bonds. The second-order valence-electron chi connectivity index (χ2n) is 5.24. The minimum absolute atomic E-state index is 0.0491. The number of nitrogens with one attached hydrogen (secondary N) is 1. The summed E-state index contributed by atoms with van der Waals surface area (Å²) in [5.41, 5.74) is 8.58. The van der Waals surface area contributed by atoms with E-state index in [2.05, 4.69) is 20.2 Å². The summed E-state index contributed by atoms with van der Waals surface area (Å²) in [5.74, 6) is 0.331. The van der Waals surface area contributed by atoms with Gasteiger partial charge in [-0.1, -0.05) is 0 Å². The van der Waals surface area contributed by atoms with Crippen LogP contribution in [0.2, 0.25) is 0 Å². The Morgan fingerprint density at radius 1 is 1.18 bits per heavy atom. The average molecular weight is 296 g/mol. The number of hydrogen-bond acceptors (Lipinski definition) is 5. The highest BCUT2D eigenvalue weighted by Gasteiger charge is 2.14. The molecule has 0 atom stereocenters. The summed E-state index contributed by atoms with van der Waals surface area (Å²) in [5, 5.41) is 6.69. The lowest BCUT2D eigenvalue weighted by atomic mass is 10.1. The van der Waals surface area contributed by atoms with Gasteiger partial charge in [-0.15, -0.1) is 0 Å². The van der Waals surface area contributed by atoms with Crippen LogP contribution in [-0.4, -0.2) is 24.7 Å². The minimum atomic E-state index is -0.0491. The summed E-state index contributed by atoms with van der Waals surface area (Å²) in [6.07, 6.45) is 6.68. The van der Waals surface area contributed by atoms with E-state index in [9.17, 15) is 4.79 Å². The lowest BCUT2D eigenvalue weighted by Crippen LogP contribution is -2.20. The van der Waals surface area contributed by atoms with E-state index in [1.54, 1.807) is 29.2 Å². The molecule has 3 heterocycles. The topological polar surface area (TPSA) is 102 Å². The molecular weight excluding hydrogens is 280 g/mol. The normalized spacial score (nSPS) is 11.0. The Bertz CT molecular complexity index is 851. The molecule has 3 rings (SSSR count). The summed E-state index contributed by atoms with van der Waals surface area (Å²) >= 11 is 0. The van der Waals surface area contributed by atoms with E-state index in [0.717, 1.165) is 11.1 Å². The van der Waals surface area contributed by atoms with E-state index in [1.807, 2.05) is 13.8 Å². The van der Waals surface area contributed by atoms with E-state index in [-0.39, 0.29) is 11.6 Å². The van der Waals surface area contributed by atoms with E-state index in [1.165, 1.54) is 12.3 Å². The lowest BCUT2D eigenvalue weighted by molar-refractivity contribution is 0.579. The van der Waals surface area contributed by atoms with Crippen molar-refractivity contribution in [1.29, 1.82) is 0 Å². The number of H-pyrrole nitrogens is 1. The second kappa shape index (κ2) is 5.44. The molecule has 7 nitrogen and oxygen atoms in total. The van der Waals surface area contributed by atoms with Gasteiger partial charge in [-0.2, -0.15) is 5.10 Å². The van der Waals surface area contributed by atoms with Crippen LogP contribution >= 0.6 is 0 Å². The predicted molar refractivity (Wildman–Crippen MR) is 84.1 cm³/mol. The molecule has 3 aromatic rings. The van der Waals surface area contributed by atoms with Gasteiger partial charge >= 0.3 is 0 Å². The number of nitrogens with zero attached hydrogens (tertiary/aromatic N) is 4. The molecule has 0 saturated heterocycles. The van der Waals surface area contributed by atoms with Crippen molar-refractivity contribution in [1.82, 2.24) is 24.7 Å². The molecule has 22 heavy (non-hydrogen) atoms. The zero-order valence-corrected chi connectivity index (χ0v) is 12.3. The number of aromatic nitrogens is 5. The van der Waals surface area contributed by atoms with Gasteiger partial charge in [-0.25, -0.2) is 4.98 Å². The van der Waals surface area contributed by atoms with Crippen LogP contribution in [0.5, 0.6) is 0 Å². The molecule has 0 radical (unpaired) electrons. The maximum absolute atomic E-state index is 11.9.